The molecule has 4 aromatic rings. The number of pyridine rings is 1. The lowest BCUT2D eigenvalue weighted by Gasteiger charge is -2.13. The SMILES string of the molecule is C[C@H](NC(=O)Cn1cc(-c2ccccc2)ncc1=O)c1nnc2ccccn12. The van der Waals surface area contributed by atoms with Gasteiger partial charge in [-0.1, -0.05) is 36.4 Å². The smallest absolute Gasteiger partial charge is 0.269 e. The highest BCUT2D eigenvalue weighted by Crippen LogP contribution is 2.14. The Bertz CT molecular complexity index is 1180. The highest BCUT2D eigenvalue weighted by Gasteiger charge is 2.16. The van der Waals surface area contributed by atoms with Crippen LogP contribution >= 0.6 is 0 Å². The van der Waals surface area contributed by atoms with E-state index in [-0.39, 0.29) is 24.1 Å². The van der Waals surface area contributed by atoms with Crippen molar-refractivity contribution in [2.75, 3.05) is 0 Å². The number of carbonyl (C=O) groups excluding carboxylic acids is 1. The minimum atomic E-state index is -0.365. The molecular weight excluding hydrogens is 356 g/mol. The topological polar surface area (TPSA) is 94.2 Å². The first-order chi connectivity index (χ1) is 13.6. The van der Waals surface area contributed by atoms with E-state index >= 15 is 0 Å². The van der Waals surface area contributed by atoms with Crippen molar-refractivity contribution >= 4 is 11.6 Å². The largest absolute Gasteiger partial charge is 0.345 e. The second-order valence-corrected chi connectivity index (χ2v) is 6.38. The molecule has 3 aromatic heterocycles. The van der Waals surface area contributed by atoms with E-state index in [9.17, 15) is 9.59 Å². The minimum absolute atomic E-state index is 0.109. The zero-order chi connectivity index (χ0) is 19.5. The van der Waals surface area contributed by atoms with Gasteiger partial charge in [0.2, 0.25) is 5.91 Å². The Morgan fingerprint density at radius 2 is 1.89 bits per heavy atom. The molecule has 8 nitrogen and oxygen atoms in total. The fourth-order valence-electron chi connectivity index (χ4n) is 2.99. The van der Waals surface area contributed by atoms with Crippen LogP contribution in [0.3, 0.4) is 0 Å². The highest BCUT2D eigenvalue weighted by molar-refractivity contribution is 5.76. The molecule has 4 rings (SSSR count). The van der Waals surface area contributed by atoms with E-state index in [0.717, 1.165) is 5.56 Å². The van der Waals surface area contributed by atoms with Crippen molar-refractivity contribution in [2.24, 2.45) is 0 Å². The summed E-state index contributed by atoms with van der Waals surface area (Å²) in [6.45, 7) is 1.72. The van der Waals surface area contributed by atoms with Gasteiger partial charge >= 0.3 is 0 Å². The van der Waals surface area contributed by atoms with Crippen molar-refractivity contribution in [3.63, 3.8) is 0 Å². The van der Waals surface area contributed by atoms with Gasteiger partial charge in [0.1, 0.15) is 6.54 Å². The Kier molecular flexibility index (Phi) is 4.67. The number of hydrogen-bond donors (Lipinski definition) is 1. The van der Waals surface area contributed by atoms with E-state index < -0.39 is 0 Å². The molecule has 0 fully saturated rings. The summed E-state index contributed by atoms with van der Waals surface area (Å²) in [5, 5.41) is 11.1. The quantitative estimate of drug-likeness (QED) is 0.575. The second-order valence-electron chi connectivity index (χ2n) is 6.38. The van der Waals surface area contributed by atoms with Gasteiger partial charge in [0.05, 0.1) is 17.9 Å². The van der Waals surface area contributed by atoms with Gasteiger partial charge in [-0.2, -0.15) is 0 Å². The average Bonchev–Trinajstić information content (AvgIpc) is 3.14. The van der Waals surface area contributed by atoms with Gasteiger partial charge in [-0.05, 0) is 19.1 Å². The highest BCUT2D eigenvalue weighted by atomic mass is 16.2. The van der Waals surface area contributed by atoms with Gasteiger partial charge in [0, 0.05) is 18.0 Å². The number of hydrogen-bond acceptors (Lipinski definition) is 5. The van der Waals surface area contributed by atoms with Crippen molar-refractivity contribution in [2.45, 2.75) is 19.5 Å². The molecule has 140 valence electrons. The van der Waals surface area contributed by atoms with Crippen LogP contribution in [0.5, 0.6) is 0 Å². The molecule has 0 saturated heterocycles. The van der Waals surface area contributed by atoms with Crippen LogP contribution in [-0.2, 0) is 11.3 Å². The summed E-state index contributed by atoms with van der Waals surface area (Å²) in [4.78, 5) is 28.8. The number of benzene rings is 1. The number of rotatable bonds is 5. The average molecular weight is 374 g/mol. The molecule has 0 spiro atoms. The van der Waals surface area contributed by atoms with E-state index in [1.54, 1.807) is 6.20 Å². The lowest BCUT2D eigenvalue weighted by Crippen LogP contribution is -2.34. The summed E-state index contributed by atoms with van der Waals surface area (Å²) in [7, 11) is 0. The number of amides is 1. The molecule has 0 aliphatic carbocycles. The number of nitrogens with zero attached hydrogens (tertiary/aromatic N) is 5. The first kappa shape index (κ1) is 17.6. The Balaban J connectivity index is 1.51. The van der Waals surface area contributed by atoms with Crippen LogP contribution in [-0.4, -0.2) is 30.1 Å². The van der Waals surface area contributed by atoms with E-state index in [2.05, 4.69) is 20.5 Å². The molecular formula is C20H18N6O2. The fraction of sp³-hybridized carbons (Fsp3) is 0.150. The third kappa shape index (κ3) is 3.52. The van der Waals surface area contributed by atoms with Gasteiger partial charge in [0.25, 0.3) is 5.56 Å². The van der Waals surface area contributed by atoms with Crippen LogP contribution in [0.2, 0.25) is 0 Å². The van der Waals surface area contributed by atoms with Crippen LogP contribution in [0.25, 0.3) is 16.9 Å². The normalized spacial score (nSPS) is 12.0. The van der Waals surface area contributed by atoms with Crippen LogP contribution in [0.4, 0.5) is 0 Å². The molecule has 0 aliphatic heterocycles. The zero-order valence-corrected chi connectivity index (χ0v) is 15.2. The van der Waals surface area contributed by atoms with Crippen LogP contribution < -0.4 is 10.9 Å². The Labute approximate surface area is 160 Å². The van der Waals surface area contributed by atoms with Crippen molar-refractivity contribution in [3.05, 3.63) is 83.3 Å². The number of fused-ring (bicyclic) bond motifs is 1. The molecule has 0 bridgehead atoms. The molecule has 1 N–H and O–H groups in total. The molecule has 0 saturated carbocycles. The van der Waals surface area contributed by atoms with Gasteiger partial charge in [0.15, 0.2) is 11.5 Å². The Hall–Kier alpha value is -3.81. The van der Waals surface area contributed by atoms with Gasteiger partial charge in [-0.25, -0.2) is 4.98 Å². The standard InChI is InChI=1S/C20H18N6O2/c1-14(20-24-23-17-9-5-6-10-26(17)20)22-18(27)13-25-12-16(21-11-19(25)28)15-7-3-2-4-8-15/h2-12,14H,13H2,1H3,(H,22,27)/t14-/m0/s1. The molecule has 1 amide bonds. The molecule has 0 unspecified atom stereocenters. The molecule has 1 atom stereocenters. The van der Waals surface area contributed by atoms with E-state index in [1.807, 2.05) is 66.1 Å². The monoisotopic (exact) mass is 374 g/mol. The van der Waals surface area contributed by atoms with Crippen LogP contribution in [0.15, 0.2) is 71.9 Å². The van der Waals surface area contributed by atoms with Crippen molar-refractivity contribution < 1.29 is 4.79 Å². The number of nitrogens with one attached hydrogen (secondary N) is 1. The molecule has 3 heterocycles. The predicted octanol–water partition coefficient (Wildman–Crippen LogP) is 1.83. The lowest BCUT2D eigenvalue weighted by molar-refractivity contribution is -0.122. The summed E-state index contributed by atoms with van der Waals surface area (Å²) >= 11 is 0. The summed E-state index contributed by atoms with van der Waals surface area (Å²) < 4.78 is 3.16. The summed E-state index contributed by atoms with van der Waals surface area (Å²) in [5.74, 6) is 0.323. The lowest BCUT2D eigenvalue weighted by atomic mass is 10.2. The van der Waals surface area contributed by atoms with Crippen molar-refractivity contribution in [1.82, 2.24) is 29.5 Å². The third-order valence-electron chi connectivity index (χ3n) is 4.36. The van der Waals surface area contributed by atoms with Crippen LogP contribution in [0.1, 0.15) is 18.8 Å². The van der Waals surface area contributed by atoms with E-state index in [4.69, 9.17) is 0 Å². The summed E-state index contributed by atoms with van der Waals surface area (Å²) in [5.41, 5.74) is 1.87. The summed E-state index contributed by atoms with van der Waals surface area (Å²) in [6.07, 6.45) is 4.66. The first-order valence-corrected chi connectivity index (χ1v) is 8.83. The zero-order valence-electron chi connectivity index (χ0n) is 15.2. The maximum atomic E-state index is 12.5. The molecule has 8 heteroatoms. The van der Waals surface area contributed by atoms with Gasteiger partial charge in [-0.3, -0.25) is 14.0 Å². The maximum absolute atomic E-state index is 12.5. The molecule has 1 aromatic carbocycles. The Morgan fingerprint density at radius 1 is 1.11 bits per heavy atom. The summed E-state index contributed by atoms with van der Waals surface area (Å²) in [6, 6.07) is 14.7. The number of aromatic nitrogens is 5. The van der Waals surface area contributed by atoms with Gasteiger partial charge < -0.3 is 9.88 Å². The molecule has 0 aliphatic rings. The van der Waals surface area contributed by atoms with Crippen molar-refractivity contribution in [3.8, 4) is 11.3 Å². The number of carbonyl (C=O) groups is 1. The molecule has 28 heavy (non-hydrogen) atoms. The van der Waals surface area contributed by atoms with E-state index in [1.165, 1.54) is 10.8 Å². The van der Waals surface area contributed by atoms with Crippen molar-refractivity contribution in [1.29, 1.82) is 0 Å². The minimum Gasteiger partial charge on any atom is -0.345 e. The van der Waals surface area contributed by atoms with Crippen LogP contribution in [0, 0.1) is 0 Å². The Morgan fingerprint density at radius 3 is 2.71 bits per heavy atom. The second kappa shape index (κ2) is 7.43. The fourth-order valence-corrected chi connectivity index (χ4v) is 2.99. The predicted molar refractivity (Wildman–Crippen MR) is 103 cm³/mol. The van der Waals surface area contributed by atoms with E-state index in [0.29, 0.717) is 17.2 Å². The first-order valence-electron chi connectivity index (χ1n) is 8.83. The third-order valence-corrected chi connectivity index (χ3v) is 4.36. The molecule has 0 radical (unpaired) electrons. The van der Waals surface area contributed by atoms with Gasteiger partial charge in [-0.15, -0.1) is 10.2 Å². The maximum Gasteiger partial charge on any atom is 0.269 e.